The van der Waals surface area contributed by atoms with Crippen molar-refractivity contribution in [1.82, 2.24) is 0 Å². The fraction of sp³-hybridized carbons (Fsp3) is 0.500. The zero-order valence-corrected chi connectivity index (χ0v) is 13.1. The van der Waals surface area contributed by atoms with Gasteiger partial charge in [0.1, 0.15) is 5.75 Å². The molecule has 0 bridgehead atoms. The van der Waals surface area contributed by atoms with Crippen LogP contribution in [0.5, 0.6) is 5.75 Å². The predicted octanol–water partition coefficient (Wildman–Crippen LogP) is 2.78. The summed E-state index contributed by atoms with van der Waals surface area (Å²) in [5.41, 5.74) is 0.310. The van der Waals surface area contributed by atoms with Gasteiger partial charge in [-0.2, -0.15) is 8.78 Å². The molecule has 23 heavy (non-hydrogen) atoms. The van der Waals surface area contributed by atoms with Crippen molar-refractivity contribution in [2.75, 3.05) is 18.6 Å². The van der Waals surface area contributed by atoms with Crippen molar-refractivity contribution in [2.45, 2.75) is 38.2 Å². The van der Waals surface area contributed by atoms with Crippen LogP contribution in [0.3, 0.4) is 0 Å². The maximum absolute atomic E-state index is 13.8. The Kier molecular flexibility index (Phi) is 5.18. The molecule has 0 radical (unpaired) electrons. The third-order valence-corrected chi connectivity index (χ3v) is 3.75. The van der Waals surface area contributed by atoms with Crippen molar-refractivity contribution in [3.63, 3.8) is 0 Å². The second kappa shape index (κ2) is 6.93. The number of nitrogens with zero attached hydrogens (tertiary/aromatic N) is 1. The number of methoxy groups -OCH3 is 1. The van der Waals surface area contributed by atoms with Crippen LogP contribution in [0.1, 0.15) is 26.2 Å². The molecule has 7 heteroatoms. The number of alkyl halides is 2. The molecule has 1 unspecified atom stereocenters. The van der Waals surface area contributed by atoms with Gasteiger partial charge in [-0.3, -0.25) is 9.59 Å². The van der Waals surface area contributed by atoms with E-state index in [-0.39, 0.29) is 19.4 Å². The fourth-order valence-electron chi connectivity index (χ4n) is 2.60. The lowest BCUT2D eigenvalue weighted by Crippen LogP contribution is -2.54. The normalized spacial score (nSPS) is 20.3. The van der Waals surface area contributed by atoms with E-state index in [0.29, 0.717) is 11.4 Å². The second-order valence-electron chi connectivity index (χ2n) is 5.28. The molecule has 126 valence electrons. The van der Waals surface area contributed by atoms with Crippen molar-refractivity contribution in [3.8, 4) is 5.75 Å². The highest BCUT2D eigenvalue weighted by atomic mass is 19.3. The van der Waals surface area contributed by atoms with Crippen molar-refractivity contribution >= 4 is 17.6 Å². The molecule has 0 N–H and O–H groups in total. The zero-order valence-electron chi connectivity index (χ0n) is 13.1. The Bertz CT molecular complexity index is 574. The number of hydrogen-bond donors (Lipinski definition) is 0. The summed E-state index contributed by atoms with van der Waals surface area (Å²) in [6.45, 7) is 1.87. The molecule has 2 rings (SSSR count). The molecule has 1 heterocycles. The quantitative estimate of drug-likeness (QED) is 0.781. The molecule has 1 saturated heterocycles. The first-order valence-electron chi connectivity index (χ1n) is 7.40. The molecule has 0 saturated carbocycles. The Morgan fingerprint density at radius 1 is 1.35 bits per heavy atom. The first-order chi connectivity index (χ1) is 10.9. The van der Waals surface area contributed by atoms with Gasteiger partial charge in [-0.1, -0.05) is 0 Å². The molecule has 1 aliphatic heterocycles. The van der Waals surface area contributed by atoms with Crippen LogP contribution < -0.4 is 9.64 Å². The lowest BCUT2D eigenvalue weighted by Gasteiger charge is -2.38. The van der Waals surface area contributed by atoms with E-state index in [9.17, 15) is 18.4 Å². The van der Waals surface area contributed by atoms with Crippen LogP contribution >= 0.6 is 0 Å². The molecule has 1 amide bonds. The summed E-state index contributed by atoms with van der Waals surface area (Å²) in [6, 6.07) is 5.56. The number of piperidine rings is 1. The number of carbonyl (C=O) groups is 2. The monoisotopic (exact) mass is 327 g/mol. The number of carbonyl (C=O) groups excluding carboxylic acids is 2. The van der Waals surface area contributed by atoms with Crippen LogP contribution in [0, 0.1) is 0 Å². The maximum atomic E-state index is 13.8. The summed E-state index contributed by atoms with van der Waals surface area (Å²) in [5.74, 6) is -4.67. The van der Waals surface area contributed by atoms with Crippen LogP contribution in [0.15, 0.2) is 24.3 Å². The van der Waals surface area contributed by atoms with E-state index < -0.39 is 30.3 Å². The minimum atomic E-state index is -3.43. The molecule has 1 fully saturated rings. The number of ether oxygens (including phenoxy) is 2. The van der Waals surface area contributed by atoms with Crippen molar-refractivity contribution in [2.24, 2.45) is 0 Å². The smallest absolute Gasteiger partial charge is 0.325 e. The largest absolute Gasteiger partial charge is 0.497 e. The number of halogens is 2. The number of benzene rings is 1. The Morgan fingerprint density at radius 2 is 2.00 bits per heavy atom. The van der Waals surface area contributed by atoms with E-state index in [2.05, 4.69) is 0 Å². The highest BCUT2D eigenvalue weighted by Crippen LogP contribution is 2.36. The molecule has 0 aromatic heterocycles. The van der Waals surface area contributed by atoms with Crippen molar-refractivity contribution < 1.29 is 27.8 Å². The van der Waals surface area contributed by atoms with Crippen molar-refractivity contribution in [3.05, 3.63) is 24.3 Å². The molecule has 5 nitrogen and oxygen atoms in total. The molecule has 1 aliphatic rings. The first kappa shape index (κ1) is 17.2. The van der Waals surface area contributed by atoms with Crippen LogP contribution in [-0.2, 0) is 14.3 Å². The Labute approximate surface area is 133 Å². The summed E-state index contributed by atoms with van der Waals surface area (Å²) >= 11 is 0. The first-order valence-corrected chi connectivity index (χ1v) is 7.40. The molecule has 1 atom stereocenters. The van der Waals surface area contributed by atoms with Gasteiger partial charge in [0.25, 0.3) is 5.91 Å². The number of hydrogen-bond acceptors (Lipinski definition) is 4. The maximum Gasteiger partial charge on any atom is 0.325 e. The highest BCUT2D eigenvalue weighted by Gasteiger charge is 2.49. The van der Waals surface area contributed by atoms with Gasteiger partial charge in [-0.25, -0.2) is 0 Å². The minimum absolute atomic E-state index is 0.0313. The Morgan fingerprint density at radius 3 is 2.57 bits per heavy atom. The fourth-order valence-corrected chi connectivity index (χ4v) is 2.60. The lowest BCUT2D eigenvalue weighted by molar-refractivity contribution is -0.149. The Hall–Kier alpha value is -2.18. The molecule has 0 aliphatic carbocycles. The summed E-state index contributed by atoms with van der Waals surface area (Å²) < 4.78 is 37.5. The van der Waals surface area contributed by atoms with Crippen molar-refractivity contribution in [1.29, 1.82) is 0 Å². The van der Waals surface area contributed by atoms with Crippen LogP contribution in [0.4, 0.5) is 14.5 Å². The van der Waals surface area contributed by atoms with Gasteiger partial charge >= 0.3 is 11.9 Å². The lowest BCUT2D eigenvalue weighted by atomic mass is 9.95. The van der Waals surface area contributed by atoms with Gasteiger partial charge in [0.15, 0.2) is 0 Å². The van der Waals surface area contributed by atoms with E-state index in [1.54, 1.807) is 19.1 Å². The number of rotatable bonds is 5. The van der Waals surface area contributed by atoms with Gasteiger partial charge in [-0.15, -0.1) is 0 Å². The minimum Gasteiger partial charge on any atom is -0.497 e. The summed E-state index contributed by atoms with van der Waals surface area (Å²) in [5, 5.41) is 0. The van der Waals surface area contributed by atoms with Gasteiger partial charge in [0.05, 0.1) is 20.1 Å². The topological polar surface area (TPSA) is 55.8 Å². The van der Waals surface area contributed by atoms with Gasteiger partial charge in [-0.05, 0) is 37.6 Å². The molecule has 0 spiro atoms. The summed E-state index contributed by atoms with van der Waals surface area (Å²) in [7, 11) is 1.48. The third kappa shape index (κ3) is 3.78. The van der Waals surface area contributed by atoms with E-state index in [1.165, 1.54) is 19.2 Å². The zero-order chi connectivity index (χ0) is 17.0. The van der Waals surface area contributed by atoms with E-state index in [0.717, 1.165) is 4.90 Å². The third-order valence-electron chi connectivity index (χ3n) is 3.75. The standard InChI is InChI=1S/C16H19F2NO4/c1-3-23-14(20)10-12-8-9-16(17,18)15(21)19(12)11-4-6-13(22-2)7-5-11/h4-7,12H,3,8-10H2,1-2H3. The number of esters is 1. The second-order valence-corrected chi connectivity index (χ2v) is 5.28. The van der Waals surface area contributed by atoms with Crippen LogP contribution in [-0.4, -0.2) is 37.6 Å². The van der Waals surface area contributed by atoms with E-state index >= 15 is 0 Å². The number of amides is 1. The molecular formula is C16H19F2NO4. The average Bonchev–Trinajstić information content (AvgIpc) is 2.52. The number of anilines is 1. The predicted molar refractivity (Wildman–Crippen MR) is 79.7 cm³/mol. The van der Waals surface area contributed by atoms with Gasteiger partial charge in [0.2, 0.25) is 0 Å². The molecule has 1 aromatic carbocycles. The van der Waals surface area contributed by atoms with Gasteiger partial charge in [0, 0.05) is 18.2 Å². The highest BCUT2D eigenvalue weighted by molar-refractivity contribution is 6.00. The summed E-state index contributed by atoms with van der Waals surface area (Å²) in [6.07, 6.45) is -0.645. The Balaban J connectivity index is 2.29. The van der Waals surface area contributed by atoms with Crippen LogP contribution in [0.2, 0.25) is 0 Å². The van der Waals surface area contributed by atoms with Crippen LogP contribution in [0.25, 0.3) is 0 Å². The van der Waals surface area contributed by atoms with E-state index in [1.807, 2.05) is 0 Å². The summed E-state index contributed by atoms with van der Waals surface area (Å²) in [4.78, 5) is 24.8. The van der Waals surface area contributed by atoms with E-state index in [4.69, 9.17) is 9.47 Å². The SMILES string of the molecule is CCOC(=O)CC1CCC(F)(F)C(=O)N1c1ccc(OC)cc1. The van der Waals surface area contributed by atoms with Gasteiger partial charge < -0.3 is 14.4 Å². The molecular weight excluding hydrogens is 308 g/mol. The average molecular weight is 327 g/mol. The molecule has 1 aromatic rings.